The third-order valence-corrected chi connectivity index (χ3v) is 2.82. The second kappa shape index (κ2) is 6.60. The van der Waals surface area contributed by atoms with Crippen LogP contribution in [-0.2, 0) is 11.3 Å². The van der Waals surface area contributed by atoms with E-state index in [1.54, 1.807) is 55.7 Å². The normalized spacial score (nSPS) is 10.1. The molecule has 0 spiro atoms. The summed E-state index contributed by atoms with van der Waals surface area (Å²) in [5, 5.41) is 6.55. The zero-order chi connectivity index (χ0) is 14.4. The summed E-state index contributed by atoms with van der Waals surface area (Å²) in [5.41, 5.74) is 0.949. The van der Waals surface area contributed by atoms with Crippen LogP contribution in [-0.4, -0.2) is 41.8 Å². The van der Waals surface area contributed by atoms with Crippen LogP contribution in [0.5, 0.6) is 11.5 Å². The van der Waals surface area contributed by atoms with Gasteiger partial charge in [-0.2, -0.15) is 5.10 Å². The van der Waals surface area contributed by atoms with Gasteiger partial charge in [-0.3, -0.25) is 9.89 Å². The average molecular weight is 275 g/mol. The number of benzene rings is 1. The Hall–Kier alpha value is -2.50. The molecule has 0 saturated carbocycles. The van der Waals surface area contributed by atoms with E-state index in [1.165, 1.54) is 0 Å². The minimum absolute atomic E-state index is 0.000675. The molecular formula is C14H17N3O3. The molecule has 1 heterocycles. The van der Waals surface area contributed by atoms with Crippen LogP contribution in [0.3, 0.4) is 0 Å². The first-order valence-corrected chi connectivity index (χ1v) is 6.17. The highest BCUT2D eigenvalue weighted by Gasteiger charge is 2.10. The van der Waals surface area contributed by atoms with Crippen molar-refractivity contribution < 1.29 is 14.3 Å². The Balaban J connectivity index is 1.81. The Morgan fingerprint density at radius 3 is 2.60 bits per heavy atom. The number of nitrogens with zero attached hydrogens (tertiary/aromatic N) is 2. The van der Waals surface area contributed by atoms with E-state index in [-0.39, 0.29) is 12.5 Å². The van der Waals surface area contributed by atoms with Gasteiger partial charge in [-0.05, 0) is 24.3 Å². The molecule has 0 unspecified atom stereocenters. The molecule has 6 heteroatoms. The van der Waals surface area contributed by atoms with E-state index in [0.717, 1.165) is 11.3 Å². The van der Waals surface area contributed by atoms with Gasteiger partial charge in [0.15, 0.2) is 6.61 Å². The zero-order valence-corrected chi connectivity index (χ0v) is 11.5. The van der Waals surface area contributed by atoms with E-state index in [1.807, 2.05) is 0 Å². The molecule has 2 rings (SSSR count). The van der Waals surface area contributed by atoms with Gasteiger partial charge < -0.3 is 14.4 Å². The number of carbonyl (C=O) groups is 1. The Morgan fingerprint density at radius 2 is 2.00 bits per heavy atom. The lowest BCUT2D eigenvalue weighted by Crippen LogP contribution is -2.30. The summed E-state index contributed by atoms with van der Waals surface area (Å²) in [7, 11) is 3.33. The van der Waals surface area contributed by atoms with Crippen molar-refractivity contribution >= 4 is 5.91 Å². The molecule has 2 aromatic rings. The number of ether oxygens (including phenoxy) is 2. The maximum atomic E-state index is 11.9. The fourth-order valence-corrected chi connectivity index (χ4v) is 1.65. The van der Waals surface area contributed by atoms with Crippen molar-refractivity contribution in [3.05, 3.63) is 42.2 Å². The number of amides is 1. The quantitative estimate of drug-likeness (QED) is 0.866. The molecule has 0 radical (unpaired) electrons. The van der Waals surface area contributed by atoms with Crippen molar-refractivity contribution in [1.82, 2.24) is 15.1 Å². The van der Waals surface area contributed by atoms with Crippen LogP contribution in [0.4, 0.5) is 0 Å². The lowest BCUT2D eigenvalue weighted by Gasteiger charge is -2.16. The van der Waals surface area contributed by atoms with Gasteiger partial charge in [0.1, 0.15) is 11.5 Å². The summed E-state index contributed by atoms with van der Waals surface area (Å²) in [6, 6.07) is 7.11. The molecule has 0 saturated heterocycles. The number of nitrogens with one attached hydrogen (secondary N) is 1. The number of aromatic amines is 1. The van der Waals surface area contributed by atoms with Crippen molar-refractivity contribution in [2.24, 2.45) is 0 Å². The fourth-order valence-electron chi connectivity index (χ4n) is 1.65. The molecule has 1 aromatic carbocycles. The third-order valence-electron chi connectivity index (χ3n) is 2.82. The number of aromatic nitrogens is 2. The second-order valence-corrected chi connectivity index (χ2v) is 4.32. The predicted molar refractivity (Wildman–Crippen MR) is 73.6 cm³/mol. The molecule has 6 nitrogen and oxygen atoms in total. The van der Waals surface area contributed by atoms with Crippen LogP contribution < -0.4 is 9.47 Å². The second-order valence-electron chi connectivity index (χ2n) is 4.32. The minimum Gasteiger partial charge on any atom is -0.497 e. The van der Waals surface area contributed by atoms with Crippen molar-refractivity contribution in [1.29, 1.82) is 0 Å². The standard InChI is InChI=1S/C14H17N3O3/c1-17(9-11-7-15-16-8-11)14(18)10-20-13-5-3-12(19-2)4-6-13/h3-8H,9-10H2,1-2H3,(H,15,16). The lowest BCUT2D eigenvalue weighted by molar-refractivity contribution is -0.132. The van der Waals surface area contributed by atoms with Crippen LogP contribution in [0.15, 0.2) is 36.7 Å². The lowest BCUT2D eigenvalue weighted by atomic mass is 10.3. The van der Waals surface area contributed by atoms with Crippen LogP contribution in [0.2, 0.25) is 0 Å². The number of methoxy groups -OCH3 is 1. The third kappa shape index (κ3) is 3.74. The van der Waals surface area contributed by atoms with Gasteiger partial charge in [0.25, 0.3) is 5.91 Å². The summed E-state index contributed by atoms with van der Waals surface area (Å²) in [4.78, 5) is 13.5. The Bertz CT molecular complexity index is 537. The molecule has 106 valence electrons. The van der Waals surface area contributed by atoms with Crippen LogP contribution >= 0.6 is 0 Å². The molecule has 1 aromatic heterocycles. The highest BCUT2D eigenvalue weighted by Crippen LogP contribution is 2.17. The molecule has 1 amide bonds. The Kier molecular flexibility index (Phi) is 4.60. The maximum Gasteiger partial charge on any atom is 0.260 e. The van der Waals surface area contributed by atoms with E-state index < -0.39 is 0 Å². The van der Waals surface area contributed by atoms with Crippen molar-refractivity contribution in [3.8, 4) is 11.5 Å². The largest absolute Gasteiger partial charge is 0.497 e. The van der Waals surface area contributed by atoms with Gasteiger partial charge in [0.05, 0.1) is 13.3 Å². The molecule has 0 aliphatic carbocycles. The first-order chi connectivity index (χ1) is 9.69. The highest BCUT2D eigenvalue weighted by atomic mass is 16.5. The molecular weight excluding hydrogens is 258 g/mol. The zero-order valence-electron chi connectivity index (χ0n) is 11.5. The molecule has 20 heavy (non-hydrogen) atoms. The van der Waals surface area contributed by atoms with Gasteiger partial charge in [-0.25, -0.2) is 0 Å². The summed E-state index contributed by atoms with van der Waals surface area (Å²) in [5.74, 6) is 1.29. The monoisotopic (exact) mass is 275 g/mol. The highest BCUT2D eigenvalue weighted by molar-refractivity contribution is 5.77. The number of rotatable bonds is 6. The van der Waals surface area contributed by atoms with Crippen LogP contribution in [0.25, 0.3) is 0 Å². The van der Waals surface area contributed by atoms with Gasteiger partial charge in [0.2, 0.25) is 0 Å². The number of carbonyl (C=O) groups excluding carboxylic acids is 1. The summed E-state index contributed by atoms with van der Waals surface area (Å²) >= 11 is 0. The molecule has 1 N–H and O–H groups in total. The Labute approximate surface area is 117 Å². The number of H-pyrrole nitrogens is 1. The van der Waals surface area contributed by atoms with E-state index >= 15 is 0 Å². The number of hydrogen-bond acceptors (Lipinski definition) is 4. The van der Waals surface area contributed by atoms with E-state index in [4.69, 9.17) is 9.47 Å². The number of hydrogen-bond donors (Lipinski definition) is 1. The first kappa shape index (κ1) is 13.9. The fraction of sp³-hybridized carbons (Fsp3) is 0.286. The van der Waals surface area contributed by atoms with Gasteiger partial charge >= 0.3 is 0 Å². The summed E-state index contributed by atoms with van der Waals surface area (Å²) in [6.07, 6.45) is 3.45. The smallest absolute Gasteiger partial charge is 0.260 e. The predicted octanol–water partition coefficient (Wildman–Crippen LogP) is 1.46. The minimum atomic E-state index is -0.0954. The average Bonchev–Trinajstić information content (AvgIpc) is 2.98. The van der Waals surface area contributed by atoms with E-state index in [2.05, 4.69) is 10.2 Å². The van der Waals surface area contributed by atoms with Gasteiger partial charge in [-0.1, -0.05) is 0 Å². The summed E-state index contributed by atoms with van der Waals surface area (Å²) in [6.45, 7) is 0.502. The molecule has 0 aliphatic rings. The molecule has 0 bridgehead atoms. The van der Waals surface area contributed by atoms with Crippen molar-refractivity contribution in [3.63, 3.8) is 0 Å². The van der Waals surface area contributed by atoms with E-state index in [0.29, 0.717) is 12.3 Å². The molecule has 0 aliphatic heterocycles. The van der Waals surface area contributed by atoms with Gasteiger partial charge in [-0.15, -0.1) is 0 Å². The maximum absolute atomic E-state index is 11.9. The topological polar surface area (TPSA) is 67.5 Å². The number of likely N-dealkylation sites (N-methyl/N-ethyl adjacent to an activating group) is 1. The molecule has 0 fully saturated rings. The van der Waals surface area contributed by atoms with Crippen molar-refractivity contribution in [2.45, 2.75) is 6.54 Å². The van der Waals surface area contributed by atoms with Crippen LogP contribution in [0, 0.1) is 0 Å². The van der Waals surface area contributed by atoms with Crippen molar-refractivity contribution in [2.75, 3.05) is 20.8 Å². The molecule has 0 atom stereocenters. The van der Waals surface area contributed by atoms with Gasteiger partial charge in [0, 0.05) is 25.4 Å². The summed E-state index contributed by atoms with van der Waals surface area (Å²) < 4.78 is 10.5. The first-order valence-electron chi connectivity index (χ1n) is 6.17. The van der Waals surface area contributed by atoms with E-state index in [9.17, 15) is 4.79 Å². The van der Waals surface area contributed by atoms with Crippen LogP contribution in [0.1, 0.15) is 5.56 Å². The SMILES string of the molecule is COc1ccc(OCC(=O)N(C)Cc2cn[nH]c2)cc1. The Morgan fingerprint density at radius 1 is 1.30 bits per heavy atom.